The number of aryl methyl sites for hydroxylation is 2. The molecule has 13 nitrogen and oxygen atoms in total. The van der Waals surface area contributed by atoms with Gasteiger partial charge in [0.15, 0.2) is 11.9 Å². The third kappa shape index (κ3) is 8.08. The van der Waals surface area contributed by atoms with Crippen molar-refractivity contribution in [1.29, 1.82) is 0 Å². The fraction of sp³-hybridized carbons (Fsp3) is 0.367. The maximum Gasteiger partial charge on any atom is 0.263 e. The Balaban J connectivity index is 1.51. The number of benzene rings is 1. The summed E-state index contributed by atoms with van der Waals surface area (Å²) in [6.07, 6.45) is 5.00. The van der Waals surface area contributed by atoms with Gasteiger partial charge in [-0.15, -0.1) is 0 Å². The van der Waals surface area contributed by atoms with Crippen LogP contribution >= 0.6 is 0 Å². The number of nitrogens with zero attached hydrogens (tertiary/aromatic N) is 5. The monoisotopic (exact) mass is 623 g/mol. The molecule has 44 heavy (non-hydrogen) atoms. The quantitative estimate of drug-likeness (QED) is 0.286. The van der Waals surface area contributed by atoms with Crippen LogP contribution in [0.25, 0.3) is 0 Å². The molecule has 1 fully saturated rings. The molecule has 3 aromatic rings. The number of carbonyl (C=O) groups excluding carboxylic acids is 2. The van der Waals surface area contributed by atoms with Crippen molar-refractivity contribution >= 4 is 44.9 Å². The maximum absolute atomic E-state index is 13.1. The van der Waals surface area contributed by atoms with Crippen molar-refractivity contribution in [1.82, 2.24) is 24.2 Å². The number of hydrogen-bond donors (Lipinski definition) is 2. The molecule has 2 N–H and O–H groups in total. The zero-order valence-electron chi connectivity index (χ0n) is 25.5. The molecule has 0 spiro atoms. The van der Waals surface area contributed by atoms with Crippen LogP contribution in [0, 0.1) is 13.8 Å². The van der Waals surface area contributed by atoms with Gasteiger partial charge in [0.05, 0.1) is 19.1 Å². The molecular formula is C30H37N7O6S. The first-order chi connectivity index (χ1) is 20.9. The number of ether oxygens (including phenoxy) is 2. The first-order valence-corrected chi connectivity index (χ1v) is 15.8. The maximum atomic E-state index is 13.1. The van der Waals surface area contributed by atoms with Gasteiger partial charge >= 0.3 is 0 Å². The summed E-state index contributed by atoms with van der Waals surface area (Å²) in [5, 5.41) is 6.50. The van der Waals surface area contributed by atoms with E-state index in [1.807, 2.05) is 13.8 Å². The fourth-order valence-corrected chi connectivity index (χ4v) is 5.38. The number of anilines is 4. The van der Waals surface area contributed by atoms with Gasteiger partial charge in [0, 0.05) is 62.3 Å². The molecule has 0 unspecified atom stereocenters. The van der Waals surface area contributed by atoms with Gasteiger partial charge in [-0.25, -0.2) is 18.4 Å². The number of carbonyl (C=O) groups is 2. The molecule has 1 amide bonds. The van der Waals surface area contributed by atoms with Crippen LogP contribution in [-0.2, 0) is 26.0 Å². The van der Waals surface area contributed by atoms with Crippen LogP contribution in [0.5, 0.6) is 11.6 Å². The molecule has 3 heterocycles. The van der Waals surface area contributed by atoms with Gasteiger partial charge in [-0.05, 0) is 56.2 Å². The Morgan fingerprint density at radius 2 is 1.75 bits per heavy atom. The predicted molar refractivity (Wildman–Crippen MR) is 167 cm³/mol. The number of ketones is 1. The van der Waals surface area contributed by atoms with Crippen LogP contribution in [0.15, 0.2) is 49.3 Å². The van der Waals surface area contributed by atoms with E-state index in [-0.39, 0.29) is 44.3 Å². The lowest BCUT2D eigenvalue weighted by molar-refractivity contribution is -0.139. The Bertz CT molecular complexity index is 1660. The number of amides is 1. The topological polar surface area (TPSA) is 156 Å². The Morgan fingerprint density at radius 1 is 1.05 bits per heavy atom. The van der Waals surface area contributed by atoms with E-state index in [2.05, 4.69) is 32.2 Å². The number of aromatic nitrogens is 3. The first kappa shape index (κ1) is 32.4. The van der Waals surface area contributed by atoms with Gasteiger partial charge < -0.3 is 25.0 Å². The second-order valence-corrected chi connectivity index (χ2v) is 12.4. The number of rotatable bonds is 12. The summed E-state index contributed by atoms with van der Waals surface area (Å²) in [6.45, 7) is 10.0. The summed E-state index contributed by atoms with van der Waals surface area (Å²) in [4.78, 5) is 40.3. The van der Waals surface area contributed by atoms with Crippen molar-refractivity contribution in [3.63, 3.8) is 0 Å². The molecule has 1 aromatic carbocycles. The van der Waals surface area contributed by atoms with Crippen molar-refractivity contribution < 1.29 is 27.5 Å². The van der Waals surface area contributed by atoms with Gasteiger partial charge in [-0.2, -0.15) is 9.29 Å². The van der Waals surface area contributed by atoms with Crippen molar-refractivity contribution in [2.45, 2.75) is 33.3 Å². The van der Waals surface area contributed by atoms with Crippen molar-refractivity contribution in [2.24, 2.45) is 0 Å². The summed E-state index contributed by atoms with van der Waals surface area (Å²) < 4.78 is 36.2. The highest BCUT2D eigenvalue weighted by Gasteiger charge is 2.29. The third-order valence-electron chi connectivity index (χ3n) is 7.11. The van der Waals surface area contributed by atoms with E-state index in [0.29, 0.717) is 34.6 Å². The van der Waals surface area contributed by atoms with Gasteiger partial charge in [-0.3, -0.25) is 9.59 Å². The number of nitrogens with one attached hydrogen (secondary N) is 2. The molecule has 14 heteroatoms. The lowest BCUT2D eigenvalue weighted by Crippen LogP contribution is -2.53. The van der Waals surface area contributed by atoms with E-state index in [1.54, 1.807) is 55.6 Å². The van der Waals surface area contributed by atoms with Crippen LogP contribution in [0.2, 0.25) is 0 Å². The molecule has 0 radical (unpaired) electrons. The van der Waals surface area contributed by atoms with Crippen molar-refractivity contribution in [3.05, 3.63) is 66.0 Å². The zero-order chi connectivity index (χ0) is 32.0. The van der Waals surface area contributed by atoms with Gasteiger partial charge in [0.1, 0.15) is 11.6 Å². The van der Waals surface area contributed by atoms with E-state index in [9.17, 15) is 18.0 Å². The Morgan fingerprint density at radius 3 is 2.41 bits per heavy atom. The average Bonchev–Trinajstić information content (AvgIpc) is 3.00. The molecule has 0 aliphatic carbocycles. The lowest BCUT2D eigenvalue weighted by atomic mass is 10.1. The van der Waals surface area contributed by atoms with Crippen LogP contribution in [0.3, 0.4) is 0 Å². The Hall–Kier alpha value is -4.56. The summed E-state index contributed by atoms with van der Waals surface area (Å²) in [5.74, 6) is 1.29. The van der Waals surface area contributed by atoms with Crippen LogP contribution < -0.4 is 20.1 Å². The lowest BCUT2D eigenvalue weighted by Gasteiger charge is -2.34. The fourth-order valence-electron chi connectivity index (χ4n) is 4.55. The number of methoxy groups -OCH3 is 1. The molecular weight excluding hydrogens is 586 g/mol. The minimum atomic E-state index is -3.31. The normalized spacial score (nSPS) is 14.4. The zero-order valence-corrected chi connectivity index (χ0v) is 26.3. The van der Waals surface area contributed by atoms with E-state index in [4.69, 9.17) is 9.47 Å². The number of sulfonamides is 1. The van der Waals surface area contributed by atoms with Gasteiger partial charge in [-0.1, -0.05) is 6.58 Å². The first-order valence-electron chi connectivity index (χ1n) is 13.9. The predicted octanol–water partition coefficient (Wildman–Crippen LogP) is 3.15. The molecule has 0 bridgehead atoms. The van der Waals surface area contributed by atoms with Gasteiger partial charge in [0.25, 0.3) is 5.91 Å². The molecule has 234 valence electrons. The highest BCUT2D eigenvalue weighted by Crippen LogP contribution is 2.29. The van der Waals surface area contributed by atoms with E-state index in [0.717, 1.165) is 23.1 Å². The molecule has 0 saturated carbocycles. The number of pyridine rings is 1. The molecule has 1 aliphatic heterocycles. The average molecular weight is 624 g/mol. The van der Waals surface area contributed by atoms with Crippen molar-refractivity contribution in [3.8, 4) is 11.6 Å². The highest BCUT2D eigenvalue weighted by atomic mass is 32.2. The minimum Gasteiger partial charge on any atom is -0.481 e. The number of hydrogen-bond acceptors (Lipinski definition) is 11. The van der Waals surface area contributed by atoms with Crippen LogP contribution in [0.4, 0.5) is 23.1 Å². The highest BCUT2D eigenvalue weighted by molar-refractivity contribution is 7.88. The standard InChI is InChI=1S/C30H37N7O6S/c1-7-23(38)14-22-15-24(43-21(4)29(39)36-10-12-37(13-11-36)44(6,40)41)8-9-25(22)33-28-20(3)18-32-30(35-28)34-26-16-27(42-5)31-17-19(26)2/h7-9,15-18,21H,1,10-14H2,2-6H3,(H2,31,32,33,34,35)/t21-/m1/s1. The Kier molecular flexibility index (Phi) is 10.2. The minimum absolute atomic E-state index is 0.0457. The van der Waals surface area contributed by atoms with E-state index < -0.39 is 16.1 Å². The number of allylic oxidation sites excluding steroid dienone is 1. The second kappa shape index (κ2) is 13.8. The largest absolute Gasteiger partial charge is 0.481 e. The molecule has 4 rings (SSSR count). The summed E-state index contributed by atoms with van der Waals surface area (Å²) in [7, 11) is -1.76. The second-order valence-electron chi connectivity index (χ2n) is 10.4. The molecule has 1 saturated heterocycles. The van der Waals surface area contributed by atoms with Crippen LogP contribution in [-0.4, -0.2) is 89.9 Å². The van der Waals surface area contributed by atoms with E-state index >= 15 is 0 Å². The SMILES string of the molecule is C=CC(=O)Cc1cc(O[C@H](C)C(=O)N2CCN(S(C)(=O)=O)CC2)ccc1Nc1nc(Nc2cc(OC)ncc2C)ncc1C. The number of piperazine rings is 1. The molecule has 1 aliphatic rings. The van der Waals surface area contributed by atoms with Crippen LogP contribution in [0.1, 0.15) is 23.6 Å². The third-order valence-corrected chi connectivity index (χ3v) is 8.41. The summed E-state index contributed by atoms with van der Waals surface area (Å²) >= 11 is 0. The van der Waals surface area contributed by atoms with E-state index in [1.165, 1.54) is 10.4 Å². The Labute approximate surface area is 257 Å². The smallest absolute Gasteiger partial charge is 0.263 e. The summed E-state index contributed by atoms with van der Waals surface area (Å²) in [6, 6.07) is 6.93. The van der Waals surface area contributed by atoms with Crippen molar-refractivity contribution in [2.75, 3.05) is 50.2 Å². The molecule has 1 atom stereocenters. The molecule has 2 aromatic heterocycles. The summed E-state index contributed by atoms with van der Waals surface area (Å²) in [5.41, 5.74) is 3.64. The van der Waals surface area contributed by atoms with Gasteiger partial charge in [0.2, 0.25) is 21.9 Å².